The third kappa shape index (κ3) is 5.33. The van der Waals surface area contributed by atoms with Crippen LogP contribution in [0.15, 0.2) is 24.3 Å². The predicted molar refractivity (Wildman–Crippen MR) is 127 cm³/mol. The van der Waals surface area contributed by atoms with Gasteiger partial charge in [-0.25, -0.2) is 4.98 Å². The second kappa shape index (κ2) is 10.0. The number of carbonyl (C=O) groups is 2. The smallest absolute Gasteiger partial charge is 0.300 e. The van der Waals surface area contributed by atoms with Crippen molar-refractivity contribution in [2.24, 2.45) is 5.92 Å². The van der Waals surface area contributed by atoms with Gasteiger partial charge in [-0.2, -0.15) is 0 Å². The van der Waals surface area contributed by atoms with Crippen molar-refractivity contribution in [3.63, 3.8) is 0 Å². The molecule has 3 fully saturated rings. The first-order chi connectivity index (χ1) is 15.4. The largest absolute Gasteiger partial charge is 0.481 e. The normalized spacial score (nSPS) is 22.5. The highest BCUT2D eigenvalue weighted by molar-refractivity contribution is 6.35. The molecule has 2 bridgehead atoms. The van der Waals surface area contributed by atoms with Gasteiger partial charge in [0.1, 0.15) is 5.82 Å². The minimum atomic E-state index is -0.833. The van der Waals surface area contributed by atoms with E-state index in [0.29, 0.717) is 35.1 Å². The van der Waals surface area contributed by atoms with Crippen LogP contribution in [-0.4, -0.2) is 47.1 Å². The molecule has 1 aromatic carbocycles. The van der Waals surface area contributed by atoms with Gasteiger partial charge in [0.05, 0.1) is 16.2 Å². The van der Waals surface area contributed by atoms with Gasteiger partial charge in [0.2, 0.25) is 5.91 Å². The molecule has 1 aliphatic carbocycles. The summed E-state index contributed by atoms with van der Waals surface area (Å²) in [6, 6.07) is 9.04. The van der Waals surface area contributed by atoms with Gasteiger partial charge in [-0.3, -0.25) is 9.59 Å². The lowest BCUT2D eigenvalue weighted by molar-refractivity contribution is -0.134. The maximum atomic E-state index is 12.6. The molecule has 172 valence electrons. The topological polar surface area (TPSA) is 94.6 Å². The van der Waals surface area contributed by atoms with Gasteiger partial charge >= 0.3 is 0 Å². The molecular weight excluding hydrogens is 428 g/mol. The molecule has 3 N–H and O–H groups in total. The van der Waals surface area contributed by atoms with E-state index in [1.807, 2.05) is 12.1 Å². The summed E-state index contributed by atoms with van der Waals surface area (Å²) < 4.78 is 0. The van der Waals surface area contributed by atoms with Crippen LogP contribution in [0.4, 0.5) is 11.5 Å². The molecule has 5 rings (SSSR count). The summed E-state index contributed by atoms with van der Waals surface area (Å²) in [5, 5.41) is 15.5. The lowest BCUT2D eigenvalue weighted by Gasteiger charge is -2.28. The highest BCUT2D eigenvalue weighted by Gasteiger charge is 2.38. The molecule has 0 spiro atoms. The Bertz CT molecular complexity index is 989. The Morgan fingerprint density at radius 2 is 1.97 bits per heavy atom. The number of carbonyl (C=O) groups excluding carboxylic acids is 1. The number of pyridine rings is 1. The van der Waals surface area contributed by atoms with Gasteiger partial charge in [0.15, 0.2) is 0 Å². The van der Waals surface area contributed by atoms with Crippen molar-refractivity contribution >= 4 is 45.9 Å². The molecule has 8 heteroatoms. The lowest BCUT2D eigenvalue weighted by Crippen LogP contribution is -2.43. The summed E-state index contributed by atoms with van der Waals surface area (Å²) in [6.45, 7) is 3.13. The molecule has 0 unspecified atom stereocenters. The number of piperazine rings is 1. The van der Waals surface area contributed by atoms with Gasteiger partial charge in [-0.15, -0.1) is 0 Å². The standard InChI is InChI=1S/C22H27ClN4O.C2H4O2/c23-18-7-8-19-17(22(18)26-21(28)10-14-4-2-1-3-5-14)6-9-20(25-19)27-13-15-11-16(27)12-24-15;1-2(3)4/h6-9,14-16,24H,1-5,10-13H2,(H,26,28);1H3,(H,3,4)/t15-,16-;/m0./s1. The van der Waals surface area contributed by atoms with Crippen molar-refractivity contribution in [1.29, 1.82) is 0 Å². The van der Waals surface area contributed by atoms with Crippen LogP contribution >= 0.6 is 11.6 Å². The van der Waals surface area contributed by atoms with Crippen LogP contribution < -0.4 is 15.5 Å². The zero-order valence-corrected chi connectivity index (χ0v) is 19.2. The number of nitrogens with one attached hydrogen (secondary N) is 2. The summed E-state index contributed by atoms with van der Waals surface area (Å²) in [4.78, 5) is 28.9. The Balaban J connectivity index is 0.000000567. The molecule has 1 saturated carbocycles. The number of carboxylic acid groups (broad SMARTS) is 1. The number of benzene rings is 1. The molecule has 2 aliphatic heterocycles. The first kappa shape index (κ1) is 22.8. The SMILES string of the molecule is CC(=O)O.O=C(CC1CCCCC1)Nc1c(Cl)ccc2nc(N3C[C@@H]4C[C@H]3CN4)ccc12. The van der Waals surface area contributed by atoms with Gasteiger partial charge in [-0.05, 0) is 49.4 Å². The third-order valence-electron chi connectivity index (χ3n) is 6.62. The number of aliphatic carboxylic acids is 1. The first-order valence-electron chi connectivity index (χ1n) is 11.5. The van der Waals surface area contributed by atoms with Crippen LogP contribution in [0.1, 0.15) is 51.9 Å². The first-order valence-corrected chi connectivity index (χ1v) is 11.9. The molecule has 1 amide bonds. The number of anilines is 2. The summed E-state index contributed by atoms with van der Waals surface area (Å²) in [5.74, 6) is 0.753. The average Bonchev–Trinajstić information content (AvgIpc) is 3.40. The summed E-state index contributed by atoms with van der Waals surface area (Å²) in [7, 11) is 0. The number of carboxylic acids is 1. The van der Waals surface area contributed by atoms with Crippen LogP contribution in [0.3, 0.4) is 0 Å². The second-order valence-electron chi connectivity index (χ2n) is 9.08. The highest BCUT2D eigenvalue weighted by atomic mass is 35.5. The maximum absolute atomic E-state index is 12.6. The molecule has 2 atom stereocenters. The third-order valence-corrected chi connectivity index (χ3v) is 6.93. The van der Waals surface area contributed by atoms with E-state index in [1.165, 1.54) is 25.7 Å². The van der Waals surface area contributed by atoms with Crippen LogP contribution in [0.2, 0.25) is 5.02 Å². The van der Waals surface area contributed by atoms with E-state index in [1.54, 1.807) is 0 Å². The Morgan fingerprint density at radius 3 is 2.62 bits per heavy atom. The van der Waals surface area contributed by atoms with Crippen LogP contribution in [0.5, 0.6) is 0 Å². The number of hydrogen-bond acceptors (Lipinski definition) is 5. The zero-order valence-electron chi connectivity index (χ0n) is 18.4. The van der Waals surface area contributed by atoms with E-state index in [2.05, 4.69) is 27.7 Å². The number of nitrogens with zero attached hydrogens (tertiary/aromatic N) is 2. The fraction of sp³-hybridized carbons (Fsp3) is 0.542. The van der Waals surface area contributed by atoms with Gasteiger partial charge in [-0.1, -0.05) is 30.9 Å². The van der Waals surface area contributed by atoms with Crippen molar-refractivity contribution in [3.05, 3.63) is 29.3 Å². The van der Waals surface area contributed by atoms with Crippen LogP contribution in [0.25, 0.3) is 10.9 Å². The highest BCUT2D eigenvalue weighted by Crippen LogP contribution is 2.35. The zero-order chi connectivity index (χ0) is 22.7. The van der Waals surface area contributed by atoms with E-state index in [9.17, 15) is 4.79 Å². The number of rotatable bonds is 4. The van der Waals surface area contributed by atoms with Crippen molar-refractivity contribution in [3.8, 4) is 0 Å². The molecule has 3 heterocycles. The van der Waals surface area contributed by atoms with Crippen LogP contribution in [0, 0.1) is 5.92 Å². The number of hydrogen-bond donors (Lipinski definition) is 3. The van der Waals surface area contributed by atoms with Crippen molar-refractivity contribution in [2.45, 2.75) is 64.0 Å². The van der Waals surface area contributed by atoms with Gasteiger partial charge in [0.25, 0.3) is 5.97 Å². The van der Waals surface area contributed by atoms with E-state index >= 15 is 0 Å². The summed E-state index contributed by atoms with van der Waals surface area (Å²) >= 11 is 6.45. The predicted octanol–water partition coefficient (Wildman–Crippen LogP) is 4.44. The molecule has 2 saturated heterocycles. The number of aromatic nitrogens is 1. The monoisotopic (exact) mass is 458 g/mol. The van der Waals surface area contributed by atoms with E-state index in [-0.39, 0.29) is 5.91 Å². The fourth-order valence-corrected chi connectivity index (χ4v) is 5.35. The van der Waals surface area contributed by atoms with Gasteiger partial charge < -0.3 is 20.6 Å². The summed E-state index contributed by atoms with van der Waals surface area (Å²) in [6.07, 6.45) is 7.89. The fourth-order valence-electron chi connectivity index (χ4n) is 5.14. The van der Waals surface area contributed by atoms with Crippen molar-refractivity contribution in [1.82, 2.24) is 10.3 Å². The summed E-state index contributed by atoms with van der Waals surface area (Å²) in [5.41, 5.74) is 1.58. The minimum absolute atomic E-state index is 0.0632. The molecule has 32 heavy (non-hydrogen) atoms. The second-order valence-corrected chi connectivity index (χ2v) is 9.49. The molecule has 1 aromatic heterocycles. The maximum Gasteiger partial charge on any atom is 0.300 e. The van der Waals surface area contributed by atoms with Crippen molar-refractivity contribution < 1.29 is 14.7 Å². The molecule has 2 aromatic rings. The Kier molecular flexibility index (Phi) is 7.16. The van der Waals surface area contributed by atoms with Crippen molar-refractivity contribution in [2.75, 3.05) is 23.3 Å². The van der Waals surface area contributed by atoms with E-state index < -0.39 is 5.97 Å². The lowest BCUT2D eigenvalue weighted by atomic mass is 9.87. The molecule has 0 radical (unpaired) electrons. The quantitative estimate of drug-likeness (QED) is 0.627. The Labute approximate surface area is 193 Å². The number of halogens is 1. The Morgan fingerprint density at radius 1 is 1.22 bits per heavy atom. The van der Waals surface area contributed by atoms with E-state index in [4.69, 9.17) is 26.5 Å². The minimum Gasteiger partial charge on any atom is -0.481 e. The molecule has 3 aliphatic rings. The number of amides is 1. The molecule has 7 nitrogen and oxygen atoms in total. The van der Waals surface area contributed by atoms with E-state index in [0.717, 1.165) is 49.6 Å². The van der Waals surface area contributed by atoms with Crippen LogP contribution in [-0.2, 0) is 9.59 Å². The molecular formula is C24H31ClN4O3. The van der Waals surface area contributed by atoms with Gasteiger partial charge in [0, 0.05) is 43.9 Å². The number of fused-ring (bicyclic) bond motifs is 3. The average molecular weight is 459 g/mol. The Hall–Kier alpha value is -2.38.